The van der Waals surface area contributed by atoms with Crippen LogP contribution in [0.5, 0.6) is 11.5 Å². The number of fused-ring (bicyclic) bond motifs is 2. The Kier molecular flexibility index (Phi) is 3.83. The predicted molar refractivity (Wildman–Crippen MR) is 105 cm³/mol. The van der Waals surface area contributed by atoms with Crippen LogP contribution < -0.4 is 19.7 Å². The third-order valence-electron chi connectivity index (χ3n) is 4.99. The topological polar surface area (TPSA) is 93.9 Å². The Bertz CT molecular complexity index is 1150. The molecule has 3 aromatic carbocycles. The molecule has 8 heteroatoms. The van der Waals surface area contributed by atoms with Gasteiger partial charge in [-0.1, -0.05) is 24.3 Å². The molecule has 0 aliphatic carbocycles. The van der Waals surface area contributed by atoms with Gasteiger partial charge >= 0.3 is 0 Å². The lowest BCUT2D eigenvalue weighted by Gasteiger charge is -2.37. The smallest absolute Gasteiger partial charge is 0.276 e. The van der Waals surface area contributed by atoms with E-state index in [0.717, 1.165) is 0 Å². The highest BCUT2D eigenvalue weighted by Crippen LogP contribution is 2.42. The number of nitrogens with one attached hydrogen (secondary N) is 1. The molecule has 2 aliphatic heterocycles. The van der Waals surface area contributed by atoms with Crippen LogP contribution in [0.4, 0.5) is 17.1 Å². The first kappa shape index (κ1) is 17.1. The lowest BCUT2D eigenvalue weighted by molar-refractivity contribution is -0.385. The van der Waals surface area contributed by atoms with Crippen LogP contribution in [-0.2, 0) is 0 Å². The maximum Gasteiger partial charge on any atom is 0.276 e. The second-order valence-corrected chi connectivity index (χ2v) is 6.62. The highest BCUT2D eigenvalue weighted by molar-refractivity contribution is 6.12. The van der Waals surface area contributed by atoms with Gasteiger partial charge in [-0.3, -0.25) is 19.8 Å². The Morgan fingerprint density at radius 1 is 1.00 bits per heavy atom. The fraction of sp³-hybridized carbons (Fsp3) is 0.0952. The van der Waals surface area contributed by atoms with Gasteiger partial charge < -0.3 is 14.8 Å². The number of amides is 1. The van der Waals surface area contributed by atoms with E-state index in [4.69, 9.17) is 9.47 Å². The van der Waals surface area contributed by atoms with Crippen molar-refractivity contribution in [2.75, 3.05) is 17.0 Å². The first-order valence-corrected chi connectivity index (χ1v) is 8.95. The maximum absolute atomic E-state index is 13.4. The fourth-order valence-corrected chi connectivity index (χ4v) is 3.66. The minimum Gasteiger partial charge on any atom is -0.454 e. The van der Waals surface area contributed by atoms with Crippen molar-refractivity contribution in [3.8, 4) is 11.5 Å². The van der Waals surface area contributed by atoms with Crippen molar-refractivity contribution in [3.63, 3.8) is 0 Å². The molecule has 144 valence electrons. The number of rotatable bonds is 3. The second-order valence-electron chi connectivity index (χ2n) is 6.62. The summed E-state index contributed by atoms with van der Waals surface area (Å²) in [7, 11) is 0. The van der Waals surface area contributed by atoms with Gasteiger partial charge in [-0.25, -0.2) is 0 Å². The van der Waals surface area contributed by atoms with E-state index in [0.29, 0.717) is 34.0 Å². The summed E-state index contributed by atoms with van der Waals surface area (Å²) in [6.07, 6.45) is -0.764. The minimum absolute atomic E-state index is 0.0667. The van der Waals surface area contributed by atoms with E-state index in [1.165, 1.54) is 11.0 Å². The monoisotopic (exact) mass is 389 g/mol. The van der Waals surface area contributed by atoms with E-state index in [1.807, 2.05) is 6.07 Å². The number of para-hydroxylation sites is 2. The average Bonchev–Trinajstić information content (AvgIpc) is 3.21. The van der Waals surface area contributed by atoms with Crippen molar-refractivity contribution in [1.29, 1.82) is 0 Å². The number of benzene rings is 3. The van der Waals surface area contributed by atoms with E-state index < -0.39 is 11.1 Å². The summed E-state index contributed by atoms with van der Waals surface area (Å²) >= 11 is 0. The lowest BCUT2D eigenvalue weighted by atomic mass is 10.0. The molecule has 29 heavy (non-hydrogen) atoms. The van der Waals surface area contributed by atoms with Gasteiger partial charge in [0.05, 0.1) is 21.7 Å². The van der Waals surface area contributed by atoms with Crippen molar-refractivity contribution < 1.29 is 19.2 Å². The van der Waals surface area contributed by atoms with Crippen molar-refractivity contribution in [2.45, 2.75) is 6.17 Å². The molecule has 0 fully saturated rings. The standard InChI is InChI=1S/C21H15N3O5/c25-21-14-5-1-3-7-16(14)22-20(15-6-2-4-8-17(15)24(26)27)23(21)13-9-10-18-19(11-13)29-12-28-18/h1-11,20,22H,12H2/t20-/m1/s1. The number of nitro benzene ring substituents is 1. The predicted octanol–water partition coefficient (Wildman–Crippen LogP) is 4.09. The molecule has 3 aromatic rings. The van der Waals surface area contributed by atoms with Crippen LogP contribution in [0.15, 0.2) is 66.7 Å². The molecule has 1 amide bonds. The molecule has 0 saturated carbocycles. The van der Waals surface area contributed by atoms with Gasteiger partial charge in [-0.05, 0) is 30.3 Å². The molecule has 0 saturated heterocycles. The van der Waals surface area contributed by atoms with E-state index in [1.54, 1.807) is 54.6 Å². The quantitative estimate of drug-likeness (QED) is 0.536. The molecular formula is C21H15N3O5. The second kappa shape index (κ2) is 6.52. The summed E-state index contributed by atoms with van der Waals surface area (Å²) in [4.78, 5) is 26.1. The molecular weight excluding hydrogens is 374 g/mol. The van der Waals surface area contributed by atoms with Crippen LogP contribution in [0, 0.1) is 10.1 Å². The maximum atomic E-state index is 13.4. The molecule has 1 N–H and O–H groups in total. The molecule has 8 nitrogen and oxygen atoms in total. The number of hydrogen-bond donors (Lipinski definition) is 1. The zero-order chi connectivity index (χ0) is 20.0. The van der Waals surface area contributed by atoms with Crippen LogP contribution in [0.2, 0.25) is 0 Å². The molecule has 0 unspecified atom stereocenters. The van der Waals surface area contributed by atoms with Crippen LogP contribution in [0.1, 0.15) is 22.1 Å². The summed E-state index contributed by atoms with van der Waals surface area (Å²) in [6.45, 7) is 0.113. The number of nitrogens with zero attached hydrogens (tertiary/aromatic N) is 2. The van der Waals surface area contributed by atoms with Gasteiger partial charge in [0.2, 0.25) is 6.79 Å². The van der Waals surface area contributed by atoms with Crippen LogP contribution in [0.3, 0.4) is 0 Å². The summed E-state index contributed by atoms with van der Waals surface area (Å²) in [5.74, 6) is 0.852. The largest absolute Gasteiger partial charge is 0.454 e. The van der Waals surface area contributed by atoms with Gasteiger partial charge in [0.15, 0.2) is 11.5 Å². The normalized spacial score (nSPS) is 16.9. The summed E-state index contributed by atoms with van der Waals surface area (Å²) in [5.41, 5.74) is 1.97. The van der Waals surface area contributed by atoms with E-state index >= 15 is 0 Å². The Morgan fingerprint density at radius 3 is 2.62 bits per heavy atom. The summed E-state index contributed by atoms with van der Waals surface area (Å²) < 4.78 is 10.8. The molecule has 1 atom stereocenters. The average molecular weight is 389 g/mol. The van der Waals surface area contributed by atoms with Crippen molar-refractivity contribution in [2.24, 2.45) is 0 Å². The SMILES string of the molecule is O=C1c2ccccc2N[C@@H](c2ccccc2[N+](=O)[O-])N1c1ccc2c(c1)OCO2. The highest BCUT2D eigenvalue weighted by Gasteiger charge is 2.37. The van der Waals surface area contributed by atoms with Gasteiger partial charge in [-0.15, -0.1) is 0 Å². The number of carbonyl (C=O) groups is 1. The third kappa shape index (κ3) is 2.73. The molecule has 2 aliphatic rings. The van der Waals surface area contributed by atoms with E-state index in [-0.39, 0.29) is 18.4 Å². The first-order chi connectivity index (χ1) is 14.1. The van der Waals surface area contributed by atoms with Crippen LogP contribution >= 0.6 is 0 Å². The minimum atomic E-state index is -0.764. The van der Waals surface area contributed by atoms with Gasteiger partial charge in [-0.2, -0.15) is 0 Å². The zero-order valence-electron chi connectivity index (χ0n) is 15.1. The lowest BCUT2D eigenvalue weighted by Crippen LogP contribution is -2.43. The number of nitro groups is 1. The third-order valence-corrected chi connectivity index (χ3v) is 4.99. The van der Waals surface area contributed by atoms with Crippen LogP contribution in [0.25, 0.3) is 0 Å². The number of hydrogen-bond acceptors (Lipinski definition) is 6. The fourth-order valence-electron chi connectivity index (χ4n) is 3.66. The van der Waals surface area contributed by atoms with Crippen molar-refractivity contribution in [1.82, 2.24) is 0 Å². The molecule has 0 aromatic heterocycles. The Labute approximate surface area is 165 Å². The molecule has 0 spiro atoms. The number of carbonyl (C=O) groups excluding carboxylic acids is 1. The van der Waals surface area contributed by atoms with Crippen LogP contribution in [-0.4, -0.2) is 17.6 Å². The molecule has 2 heterocycles. The number of ether oxygens (including phenoxy) is 2. The van der Waals surface area contributed by atoms with E-state index in [2.05, 4.69) is 5.32 Å². The van der Waals surface area contributed by atoms with E-state index in [9.17, 15) is 14.9 Å². The summed E-state index contributed by atoms with van der Waals surface area (Å²) in [6, 6.07) is 18.7. The Morgan fingerprint density at radius 2 is 1.76 bits per heavy atom. The van der Waals surface area contributed by atoms with Crippen molar-refractivity contribution in [3.05, 3.63) is 88.0 Å². The first-order valence-electron chi connectivity index (χ1n) is 8.95. The molecule has 5 rings (SSSR count). The molecule has 0 radical (unpaired) electrons. The Hall–Kier alpha value is -4.07. The van der Waals surface area contributed by atoms with Gasteiger partial charge in [0, 0.05) is 17.8 Å². The molecule has 0 bridgehead atoms. The van der Waals surface area contributed by atoms with Gasteiger partial charge in [0.1, 0.15) is 6.17 Å². The highest BCUT2D eigenvalue weighted by atomic mass is 16.7. The number of anilines is 2. The summed E-state index contributed by atoms with van der Waals surface area (Å²) in [5, 5.41) is 14.9. The zero-order valence-corrected chi connectivity index (χ0v) is 15.1. The van der Waals surface area contributed by atoms with Gasteiger partial charge in [0.25, 0.3) is 11.6 Å². The van der Waals surface area contributed by atoms with Crippen molar-refractivity contribution >= 4 is 23.0 Å². The Balaban J connectivity index is 1.69.